The van der Waals surface area contributed by atoms with Gasteiger partial charge in [0.1, 0.15) is 5.82 Å². The van der Waals surface area contributed by atoms with E-state index in [1.807, 2.05) is 6.07 Å². The average molecular weight is 222 g/mol. The molecule has 2 atom stereocenters. The van der Waals surface area contributed by atoms with Crippen molar-refractivity contribution in [1.29, 1.82) is 0 Å². The van der Waals surface area contributed by atoms with Gasteiger partial charge in [-0.2, -0.15) is 0 Å². The maximum Gasteiger partial charge on any atom is 0.128 e. The highest BCUT2D eigenvalue weighted by molar-refractivity contribution is 5.69. The third kappa shape index (κ3) is 1.86. The van der Waals surface area contributed by atoms with Crippen molar-refractivity contribution in [2.24, 2.45) is 11.8 Å². The van der Waals surface area contributed by atoms with Crippen molar-refractivity contribution in [2.75, 3.05) is 23.7 Å². The monoisotopic (exact) mass is 222 g/mol. The van der Waals surface area contributed by atoms with Crippen molar-refractivity contribution < 1.29 is 4.39 Å². The van der Waals surface area contributed by atoms with Gasteiger partial charge in [-0.15, -0.1) is 0 Å². The summed E-state index contributed by atoms with van der Waals surface area (Å²) in [7, 11) is 0. The molecule has 0 aliphatic carbocycles. The van der Waals surface area contributed by atoms with Crippen molar-refractivity contribution in [1.82, 2.24) is 0 Å². The van der Waals surface area contributed by atoms with Crippen molar-refractivity contribution in [3.8, 4) is 0 Å². The first-order valence-corrected chi connectivity index (χ1v) is 5.79. The van der Waals surface area contributed by atoms with Crippen LogP contribution < -0.4 is 10.6 Å². The zero-order valence-corrected chi connectivity index (χ0v) is 10.1. The van der Waals surface area contributed by atoms with E-state index in [4.69, 9.17) is 5.73 Å². The van der Waals surface area contributed by atoms with Gasteiger partial charge in [-0.05, 0) is 36.5 Å². The van der Waals surface area contributed by atoms with E-state index in [9.17, 15) is 4.39 Å². The summed E-state index contributed by atoms with van der Waals surface area (Å²) in [6.45, 7) is 8.29. The van der Waals surface area contributed by atoms with Gasteiger partial charge in [0.05, 0.1) is 11.4 Å². The molecule has 2 unspecified atom stereocenters. The second-order valence-electron chi connectivity index (χ2n) is 5.02. The smallest absolute Gasteiger partial charge is 0.128 e. The van der Waals surface area contributed by atoms with Crippen LogP contribution >= 0.6 is 0 Å². The highest BCUT2D eigenvalue weighted by Gasteiger charge is 2.27. The minimum absolute atomic E-state index is 0.221. The molecule has 0 amide bonds. The summed E-state index contributed by atoms with van der Waals surface area (Å²) in [5.74, 6) is 1.12. The van der Waals surface area contributed by atoms with Crippen molar-refractivity contribution in [3.63, 3.8) is 0 Å². The quantitative estimate of drug-likeness (QED) is 0.740. The Bertz CT molecular complexity index is 393. The molecule has 2 N–H and O–H groups in total. The van der Waals surface area contributed by atoms with Crippen molar-refractivity contribution >= 4 is 11.4 Å². The number of hydrogen-bond donors (Lipinski definition) is 1. The lowest BCUT2D eigenvalue weighted by Crippen LogP contribution is -2.21. The molecule has 88 valence electrons. The Morgan fingerprint density at radius 3 is 2.38 bits per heavy atom. The van der Waals surface area contributed by atoms with Gasteiger partial charge >= 0.3 is 0 Å². The first kappa shape index (κ1) is 11.2. The summed E-state index contributed by atoms with van der Waals surface area (Å²) >= 11 is 0. The molecule has 2 nitrogen and oxygen atoms in total. The molecule has 1 fully saturated rings. The normalized spacial score (nSPS) is 25.1. The van der Waals surface area contributed by atoms with E-state index in [0.29, 0.717) is 23.1 Å². The zero-order chi connectivity index (χ0) is 11.9. The van der Waals surface area contributed by atoms with Gasteiger partial charge in [-0.3, -0.25) is 0 Å². The second kappa shape index (κ2) is 3.96. The van der Waals surface area contributed by atoms with Crippen LogP contribution in [-0.2, 0) is 0 Å². The van der Waals surface area contributed by atoms with Crippen LogP contribution in [0.3, 0.4) is 0 Å². The highest BCUT2D eigenvalue weighted by Crippen LogP contribution is 2.32. The lowest BCUT2D eigenvalue weighted by Gasteiger charge is -2.21. The van der Waals surface area contributed by atoms with Gasteiger partial charge < -0.3 is 10.6 Å². The third-order valence-electron chi connectivity index (χ3n) is 3.64. The van der Waals surface area contributed by atoms with Crippen LogP contribution in [-0.4, -0.2) is 13.1 Å². The number of hydrogen-bond acceptors (Lipinski definition) is 2. The van der Waals surface area contributed by atoms with Crippen LogP contribution in [0.4, 0.5) is 15.8 Å². The van der Waals surface area contributed by atoms with Crippen LogP contribution in [0.25, 0.3) is 0 Å². The maximum atomic E-state index is 13.3. The Balaban J connectivity index is 2.31. The Morgan fingerprint density at radius 2 is 1.81 bits per heavy atom. The van der Waals surface area contributed by atoms with E-state index in [0.717, 1.165) is 18.8 Å². The molecule has 1 saturated heterocycles. The minimum atomic E-state index is -0.221. The molecular weight excluding hydrogens is 203 g/mol. The summed E-state index contributed by atoms with van der Waals surface area (Å²) in [5.41, 5.74) is 8.07. The van der Waals surface area contributed by atoms with E-state index in [1.54, 1.807) is 6.92 Å². The van der Waals surface area contributed by atoms with Gasteiger partial charge in [0, 0.05) is 13.1 Å². The van der Waals surface area contributed by atoms with E-state index >= 15 is 0 Å². The van der Waals surface area contributed by atoms with Crippen LogP contribution in [0, 0.1) is 24.6 Å². The summed E-state index contributed by atoms with van der Waals surface area (Å²) in [6.07, 6.45) is 0. The number of rotatable bonds is 1. The second-order valence-corrected chi connectivity index (χ2v) is 5.02. The third-order valence-corrected chi connectivity index (χ3v) is 3.64. The van der Waals surface area contributed by atoms with Gasteiger partial charge in [0.15, 0.2) is 0 Å². The van der Waals surface area contributed by atoms with Crippen LogP contribution in [0.1, 0.15) is 19.4 Å². The molecule has 1 aliphatic rings. The predicted octanol–water partition coefficient (Wildman–Crippen LogP) is 2.81. The molecule has 1 aromatic carbocycles. The Labute approximate surface area is 96.2 Å². The predicted molar refractivity (Wildman–Crippen MR) is 66.1 cm³/mol. The number of aryl methyl sites for hydroxylation is 1. The van der Waals surface area contributed by atoms with Crippen molar-refractivity contribution in [2.45, 2.75) is 20.8 Å². The number of halogens is 1. The molecule has 0 bridgehead atoms. The summed E-state index contributed by atoms with van der Waals surface area (Å²) in [6, 6.07) is 3.29. The molecule has 0 spiro atoms. The highest BCUT2D eigenvalue weighted by atomic mass is 19.1. The Morgan fingerprint density at radius 1 is 1.25 bits per heavy atom. The maximum absolute atomic E-state index is 13.3. The van der Waals surface area contributed by atoms with Crippen LogP contribution in [0.5, 0.6) is 0 Å². The zero-order valence-electron chi connectivity index (χ0n) is 10.1. The summed E-state index contributed by atoms with van der Waals surface area (Å²) < 4.78 is 13.3. The molecule has 2 rings (SSSR count). The SMILES string of the molecule is Cc1cc(N2CC(C)C(C)C2)c(N)cc1F. The number of benzene rings is 1. The fourth-order valence-electron chi connectivity index (χ4n) is 2.28. The minimum Gasteiger partial charge on any atom is -0.397 e. The van der Waals surface area contributed by atoms with Crippen molar-refractivity contribution in [3.05, 3.63) is 23.5 Å². The topological polar surface area (TPSA) is 29.3 Å². The first-order chi connectivity index (χ1) is 7.49. The van der Waals surface area contributed by atoms with Gasteiger partial charge in [0.25, 0.3) is 0 Å². The molecule has 1 aromatic rings. The molecule has 16 heavy (non-hydrogen) atoms. The molecule has 1 aliphatic heterocycles. The van der Waals surface area contributed by atoms with Gasteiger partial charge in [0.2, 0.25) is 0 Å². The standard InChI is InChI=1S/C13H19FN2/c1-8-4-13(12(15)5-11(8)14)16-6-9(2)10(3)7-16/h4-5,9-10H,6-7,15H2,1-3H3. The number of nitrogens with two attached hydrogens (primary N) is 1. The molecule has 0 radical (unpaired) electrons. The van der Waals surface area contributed by atoms with E-state index in [1.165, 1.54) is 6.07 Å². The van der Waals surface area contributed by atoms with Gasteiger partial charge in [-0.1, -0.05) is 13.8 Å². The lowest BCUT2D eigenvalue weighted by atomic mass is 10.0. The number of anilines is 2. The van der Waals surface area contributed by atoms with Gasteiger partial charge in [-0.25, -0.2) is 4.39 Å². The fourth-order valence-corrected chi connectivity index (χ4v) is 2.28. The van der Waals surface area contributed by atoms with Crippen LogP contribution in [0.15, 0.2) is 12.1 Å². The first-order valence-electron chi connectivity index (χ1n) is 5.79. The van der Waals surface area contributed by atoms with E-state index in [2.05, 4.69) is 18.7 Å². The fraction of sp³-hybridized carbons (Fsp3) is 0.538. The molecular formula is C13H19FN2. The van der Waals surface area contributed by atoms with E-state index in [-0.39, 0.29) is 5.82 Å². The average Bonchev–Trinajstić information content (AvgIpc) is 2.53. The summed E-state index contributed by atoms with van der Waals surface area (Å²) in [4.78, 5) is 2.26. The molecule has 0 aromatic heterocycles. The van der Waals surface area contributed by atoms with E-state index < -0.39 is 0 Å². The number of nitrogens with zero attached hydrogens (tertiary/aromatic N) is 1. The largest absolute Gasteiger partial charge is 0.397 e. The van der Waals surface area contributed by atoms with Crippen LogP contribution in [0.2, 0.25) is 0 Å². The Kier molecular flexibility index (Phi) is 2.78. The number of nitrogen functional groups attached to an aromatic ring is 1. The lowest BCUT2D eigenvalue weighted by molar-refractivity contribution is 0.494. The molecule has 3 heteroatoms. The Hall–Kier alpha value is -1.25. The summed E-state index contributed by atoms with van der Waals surface area (Å²) in [5, 5.41) is 0. The molecule has 1 heterocycles. The molecule has 0 saturated carbocycles.